The molecule has 5 aromatic heterocycles. The summed E-state index contributed by atoms with van der Waals surface area (Å²) < 4.78 is 22.4. The molecule has 0 amide bonds. The summed E-state index contributed by atoms with van der Waals surface area (Å²) in [5.74, 6) is 4.31. The number of furan rings is 1. The lowest BCUT2D eigenvalue weighted by Gasteiger charge is -2.47. The average molecular weight is 497 g/mol. The molecule has 0 spiro atoms. The molecular formula is C29H29FN6O. The molecule has 3 fully saturated rings. The third-order valence-electron chi connectivity index (χ3n) is 8.47. The number of H-pyrrole nitrogens is 1. The van der Waals surface area contributed by atoms with Crippen molar-refractivity contribution in [2.24, 2.45) is 24.8 Å². The quantitative estimate of drug-likeness (QED) is 0.284. The summed E-state index contributed by atoms with van der Waals surface area (Å²) in [6.45, 7) is 2.36. The second-order valence-corrected chi connectivity index (χ2v) is 10.6. The van der Waals surface area contributed by atoms with Crippen molar-refractivity contribution in [2.45, 2.75) is 38.6 Å². The maximum absolute atomic E-state index is 14.1. The van der Waals surface area contributed by atoms with Crippen LogP contribution >= 0.6 is 0 Å². The van der Waals surface area contributed by atoms with E-state index in [1.807, 2.05) is 48.1 Å². The molecule has 37 heavy (non-hydrogen) atoms. The van der Waals surface area contributed by atoms with E-state index in [2.05, 4.69) is 22.2 Å². The highest BCUT2D eigenvalue weighted by molar-refractivity contribution is 5.92. The van der Waals surface area contributed by atoms with Crippen LogP contribution in [0, 0.1) is 23.6 Å². The van der Waals surface area contributed by atoms with Crippen molar-refractivity contribution in [3.05, 3.63) is 60.8 Å². The first-order chi connectivity index (χ1) is 18.0. The van der Waals surface area contributed by atoms with Gasteiger partial charge in [-0.05, 0) is 73.8 Å². The Morgan fingerprint density at radius 2 is 1.86 bits per heavy atom. The Bertz CT molecular complexity index is 1590. The van der Waals surface area contributed by atoms with Gasteiger partial charge < -0.3 is 19.3 Å². The van der Waals surface area contributed by atoms with Crippen molar-refractivity contribution >= 4 is 16.9 Å². The molecule has 2 bridgehead atoms. The van der Waals surface area contributed by atoms with Crippen molar-refractivity contribution in [1.29, 1.82) is 0 Å². The van der Waals surface area contributed by atoms with E-state index in [4.69, 9.17) is 14.4 Å². The zero-order chi connectivity index (χ0) is 25.1. The predicted octanol–water partition coefficient (Wildman–Crippen LogP) is 6.66. The lowest BCUT2D eigenvalue weighted by atomic mass is 9.62. The fourth-order valence-corrected chi connectivity index (χ4v) is 6.43. The van der Waals surface area contributed by atoms with E-state index >= 15 is 0 Å². The van der Waals surface area contributed by atoms with Crippen LogP contribution in [0.25, 0.3) is 45.3 Å². The van der Waals surface area contributed by atoms with E-state index < -0.39 is 5.82 Å². The molecule has 5 aromatic rings. The number of hydrogen-bond donors (Lipinski definition) is 2. The second kappa shape index (κ2) is 8.57. The van der Waals surface area contributed by atoms with Crippen LogP contribution in [0.5, 0.6) is 0 Å². The average Bonchev–Trinajstić information content (AvgIpc) is 3.65. The highest BCUT2D eigenvalue weighted by atomic mass is 19.1. The standard InChI is InChI=1S/C29H29FN6O/c1-16-17-5-7-18(8-6-17)27(16)34-26-13-22(24-9-10-25(37-24)23-4-3-11-36(23)2)33-29(35-26)21-15-32-28-20(21)12-19(30)14-31-28/h3-4,9-18,27H,5-8H2,1-2H3,(H,31,32)(H,33,34,35). The zero-order valence-corrected chi connectivity index (χ0v) is 20.9. The summed E-state index contributed by atoms with van der Waals surface area (Å²) >= 11 is 0. The van der Waals surface area contributed by atoms with Gasteiger partial charge in [0.25, 0.3) is 0 Å². The number of anilines is 1. The van der Waals surface area contributed by atoms with E-state index in [0.717, 1.165) is 23.2 Å². The highest BCUT2D eigenvalue weighted by Gasteiger charge is 2.41. The van der Waals surface area contributed by atoms with Crippen molar-refractivity contribution in [3.8, 4) is 34.3 Å². The minimum atomic E-state index is -0.395. The molecule has 2 N–H and O–H groups in total. The van der Waals surface area contributed by atoms with Gasteiger partial charge in [-0.1, -0.05) is 6.92 Å². The number of nitrogens with zero attached hydrogens (tertiary/aromatic N) is 4. The van der Waals surface area contributed by atoms with Crippen LogP contribution in [-0.2, 0) is 7.05 Å². The molecular weight excluding hydrogens is 467 g/mol. The normalized spacial score (nSPS) is 23.1. The number of rotatable bonds is 5. The van der Waals surface area contributed by atoms with Crippen LogP contribution in [0.3, 0.4) is 0 Å². The van der Waals surface area contributed by atoms with E-state index in [0.29, 0.717) is 51.8 Å². The topological polar surface area (TPSA) is 84.6 Å². The van der Waals surface area contributed by atoms with Crippen molar-refractivity contribution in [2.75, 3.05) is 5.32 Å². The van der Waals surface area contributed by atoms with Crippen molar-refractivity contribution in [3.63, 3.8) is 0 Å². The summed E-state index contributed by atoms with van der Waals surface area (Å²) in [6, 6.07) is 11.7. The molecule has 2 atom stereocenters. The van der Waals surface area contributed by atoms with Gasteiger partial charge in [0.2, 0.25) is 0 Å². The number of aryl methyl sites for hydroxylation is 1. The molecule has 0 radical (unpaired) electrons. The van der Waals surface area contributed by atoms with Gasteiger partial charge in [-0.15, -0.1) is 0 Å². The van der Waals surface area contributed by atoms with Crippen LogP contribution in [-0.4, -0.2) is 30.5 Å². The maximum atomic E-state index is 14.1. The molecule has 8 rings (SSSR count). The van der Waals surface area contributed by atoms with Gasteiger partial charge >= 0.3 is 0 Å². The van der Waals surface area contributed by atoms with E-state index in [-0.39, 0.29) is 0 Å². The van der Waals surface area contributed by atoms with Gasteiger partial charge in [-0.2, -0.15) is 0 Å². The molecule has 8 heteroatoms. The number of aromatic nitrogens is 5. The Morgan fingerprint density at radius 3 is 2.65 bits per heavy atom. The fourth-order valence-electron chi connectivity index (χ4n) is 6.43. The summed E-state index contributed by atoms with van der Waals surface area (Å²) in [5, 5.41) is 4.43. The first-order valence-corrected chi connectivity index (χ1v) is 13.0. The SMILES string of the molecule is CC1C2CCC(CC2)C1Nc1cc(-c2ccc(-c3cccn3C)o2)nc(-c2c[nH]c3ncc(F)cc23)n1. The van der Waals surface area contributed by atoms with Crippen LogP contribution in [0.2, 0.25) is 0 Å². The zero-order valence-electron chi connectivity index (χ0n) is 20.9. The second-order valence-electron chi connectivity index (χ2n) is 10.6. The Hall–Kier alpha value is -3.94. The number of halogens is 1. The van der Waals surface area contributed by atoms with Crippen LogP contribution in [0.4, 0.5) is 10.2 Å². The first-order valence-electron chi connectivity index (χ1n) is 13.0. The largest absolute Gasteiger partial charge is 0.453 e. The Labute approximate surface area is 214 Å². The minimum Gasteiger partial charge on any atom is -0.453 e. The lowest BCUT2D eigenvalue weighted by molar-refractivity contribution is 0.0928. The third kappa shape index (κ3) is 3.82. The minimum absolute atomic E-state index is 0.376. The molecule has 7 nitrogen and oxygen atoms in total. The first kappa shape index (κ1) is 22.3. The molecule has 0 saturated heterocycles. The maximum Gasteiger partial charge on any atom is 0.164 e. The number of aromatic amines is 1. The molecule has 188 valence electrons. The molecule has 3 aliphatic carbocycles. The summed E-state index contributed by atoms with van der Waals surface area (Å²) in [5.41, 5.74) is 2.98. The highest BCUT2D eigenvalue weighted by Crippen LogP contribution is 2.46. The van der Waals surface area contributed by atoms with Gasteiger partial charge in [-0.3, -0.25) is 0 Å². The molecule has 0 aromatic carbocycles. The number of fused-ring (bicyclic) bond motifs is 4. The smallest absolute Gasteiger partial charge is 0.164 e. The summed E-state index contributed by atoms with van der Waals surface area (Å²) in [6.07, 6.45) is 10.2. The Kier molecular flexibility index (Phi) is 5.16. The molecule has 0 aliphatic heterocycles. The Balaban J connectivity index is 1.33. The number of pyridine rings is 1. The molecule has 5 heterocycles. The van der Waals surface area contributed by atoms with Gasteiger partial charge in [-0.25, -0.2) is 19.3 Å². The van der Waals surface area contributed by atoms with Gasteiger partial charge in [0.1, 0.15) is 23.0 Å². The van der Waals surface area contributed by atoms with Gasteiger partial charge in [0.15, 0.2) is 17.3 Å². The predicted molar refractivity (Wildman–Crippen MR) is 141 cm³/mol. The van der Waals surface area contributed by atoms with Crippen LogP contribution < -0.4 is 5.32 Å². The van der Waals surface area contributed by atoms with Gasteiger partial charge in [0, 0.05) is 42.5 Å². The number of nitrogens with one attached hydrogen (secondary N) is 2. The van der Waals surface area contributed by atoms with Gasteiger partial charge in [0.05, 0.1) is 11.9 Å². The van der Waals surface area contributed by atoms with E-state index in [1.54, 1.807) is 6.20 Å². The van der Waals surface area contributed by atoms with E-state index in [1.165, 1.54) is 37.9 Å². The molecule has 3 saturated carbocycles. The van der Waals surface area contributed by atoms with Crippen LogP contribution in [0.1, 0.15) is 32.6 Å². The number of hydrogen-bond acceptors (Lipinski definition) is 5. The Morgan fingerprint density at radius 1 is 1.05 bits per heavy atom. The van der Waals surface area contributed by atoms with Crippen molar-refractivity contribution in [1.82, 2.24) is 24.5 Å². The summed E-state index contributed by atoms with van der Waals surface area (Å²) in [7, 11) is 1.99. The third-order valence-corrected chi connectivity index (χ3v) is 8.47. The van der Waals surface area contributed by atoms with Crippen molar-refractivity contribution < 1.29 is 8.81 Å². The fraction of sp³-hybridized carbons (Fsp3) is 0.345. The molecule has 3 aliphatic rings. The van der Waals surface area contributed by atoms with Crippen LogP contribution in [0.15, 0.2) is 59.4 Å². The molecule has 2 unspecified atom stereocenters. The monoisotopic (exact) mass is 496 g/mol. The van der Waals surface area contributed by atoms with E-state index in [9.17, 15) is 4.39 Å². The lowest BCUT2D eigenvalue weighted by Crippen LogP contribution is -2.47. The summed E-state index contributed by atoms with van der Waals surface area (Å²) in [4.78, 5) is 17.1.